The highest BCUT2D eigenvalue weighted by molar-refractivity contribution is 6.60. The van der Waals surface area contributed by atoms with E-state index in [2.05, 4.69) is 25.8 Å². The molecule has 0 aromatic rings. The minimum absolute atomic E-state index is 0.721. The molecule has 0 aliphatic carbocycles. The van der Waals surface area contributed by atoms with Crippen LogP contribution in [0.15, 0.2) is 4.99 Å². The van der Waals surface area contributed by atoms with E-state index >= 15 is 0 Å². The molecule has 0 spiro atoms. The topological polar surface area (TPSA) is 40.0 Å². The lowest BCUT2D eigenvalue weighted by molar-refractivity contribution is 0.122. The van der Waals surface area contributed by atoms with E-state index in [4.69, 9.17) is 13.3 Å². The standard InChI is InChI=1S/C19H41NO3Si/c1-18(2)17-19(3)20-15-13-11-9-7-8-10-12-14-16-24(21-4,22-5)23-6/h18H,7-17H2,1-6H3. The Morgan fingerprint density at radius 3 is 1.71 bits per heavy atom. The van der Waals surface area contributed by atoms with Crippen molar-refractivity contribution in [3.05, 3.63) is 0 Å². The van der Waals surface area contributed by atoms with E-state index in [-0.39, 0.29) is 0 Å². The highest BCUT2D eigenvalue weighted by Gasteiger charge is 2.36. The summed E-state index contributed by atoms with van der Waals surface area (Å²) in [6.07, 6.45) is 11.4. The van der Waals surface area contributed by atoms with E-state index in [1.807, 2.05) is 0 Å². The molecule has 0 bridgehead atoms. The second kappa shape index (κ2) is 15.1. The van der Waals surface area contributed by atoms with Gasteiger partial charge in [0, 0.05) is 39.6 Å². The van der Waals surface area contributed by atoms with E-state index in [1.165, 1.54) is 50.7 Å². The smallest absolute Gasteiger partial charge is 0.377 e. The first-order valence-electron chi connectivity index (χ1n) is 9.65. The molecule has 0 rings (SSSR count). The molecule has 0 aromatic heterocycles. The molecule has 0 N–H and O–H groups in total. The van der Waals surface area contributed by atoms with Crippen molar-refractivity contribution in [1.29, 1.82) is 0 Å². The third kappa shape index (κ3) is 12.2. The van der Waals surface area contributed by atoms with Crippen molar-refractivity contribution in [2.24, 2.45) is 10.9 Å². The molecule has 0 saturated heterocycles. The van der Waals surface area contributed by atoms with Crippen molar-refractivity contribution in [2.45, 2.75) is 84.6 Å². The molecule has 5 heteroatoms. The maximum Gasteiger partial charge on any atom is 0.500 e. The molecular weight excluding hydrogens is 318 g/mol. The Labute approximate surface area is 151 Å². The quantitative estimate of drug-likeness (QED) is 0.208. The summed E-state index contributed by atoms with van der Waals surface area (Å²) in [6, 6.07) is 0.921. The molecule has 144 valence electrons. The molecule has 0 radical (unpaired) electrons. The molecule has 0 atom stereocenters. The van der Waals surface area contributed by atoms with Crippen LogP contribution in [0, 0.1) is 5.92 Å². The molecule has 0 amide bonds. The van der Waals surface area contributed by atoms with Crippen LogP contribution in [0.25, 0.3) is 0 Å². The van der Waals surface area contributed by atoms with Crippen LogP contribution < -0.4 is 0 Å². The van der Waals surface area contributed by atoms with Crippen LogP contribution in [0.4, 0.5) is 0 Å². The summed E-state index contributed by atoms with van der Waals surface area (Å²) in [7, 11) is 2.72. The molecule has 0 heterocycles. The van der Waals surface area contributed by atoms with E-state index in [9.17, 15) is 0 Å². The Bertz CT molecular complexity index is 309. The van der Waals surface area contributed by atoms with Crippen molar-refractivity contribution in [1.82, 2.24) is 0 Å². The van der Waals surface area contributed by atoms with Crippen LogP contribution in [-0.2, 0) is 13.3 Å². The van der Waals surface area contributed by atoms with Gasteiger partial charge in [0.15, 0.2) is 0 Å². The van der Waals surface area contributed by atoms with E-state index in [0.717, 1.165) is 31.3 Å². The van der Waals surface area contributed by atoms with Gasteiger partial charge in [0.2, 0.25) is 0 Å². The van der Waals surface area contributed by atoms with Gasteiger partial charge in [-0.15, -0.1) is 0 Å². The van der Waals surface area contributed by atoms with E-state index in [0.29, 0.717) is 0 Å². The van der Waals surface area contributed by atoms with Crippen LogP contribution in [0.1, 0.15) is 78.6 Å². The van der Waals surface area contributed by atoms with Gasteiger partial charge in [-0.05, 0) is 32.1 Å². The van der Waals surface area contributed by atoms with Crippen molar-refractivity contribution in [3.8, 4) is 0 Å². The average molecular weight is 360 g/mol. The normalized spacial score (nSPS) is 13.0. The number of aliphatic imine (C=N–C) groups is 1. The Morgan fingerprint density at radius 2 is 1.25 bits per heavy atom. The maximum absolute atomic E-state index is 5.44. The second-order valence-corrected chi connectivity index (χ2v) is 10.2. The molecule has 4 nitrogen and oxygen atoms in total. The van der Waals surface area contributed by atoms with Gasteiger partial charge >= 0.3 is 8.80 Å². The van der Waals surface area contributed by atoms with E-state index < -0.39 is 8.80 Å². The van der Waals surface area contributed by atoms with Crippen molar-refractivity contribution in [2.75, 3.05) is 27.9 Å². The first-order chi connectivity index (χ1) is 11.5. The zero-order chi connectivity index (χ0) is 18.3. The third-order valence-corrected chi connectivity index (χ3v) is 7.24. The van der Waals surface area contributed by atoms with Gasteiger partial charge in [0.05, 0.1) is 0 Å². The maximum atomic E-state index is 5.44. The summed E-state index contributed by atoms with van der Waals surface area (Å²) in [6.45, 7) is 7.67. The number of unbranched alkanes of at least 4 members (excludes halogenated alkanes) is 7. The molecule has 0 saturated carbocycles. The van der Waals surface area contributed by atoms with Gasteiger partial charge in [0.1, 0.15) is 0 Å². The number of rotatable bonds is 16. The van der Waals surface area contributed by atoms with Gasteiger partial charge in [-0.3, -0.25) is 4.99 Å². The van der Waals surface area contributed by atoms with Crippen LogP contribution in [0.3, 0.4) is 0 Å². The summed E-state index contributed by atoms with van der Waals surface area (Å²) >= 11 is 0. The second-order valence-electron chi connectivity index (χ2n) is 7.09. The predicted molar refractivity (Wildman–Crippen MR) is 106 cm³/mol. The predicted octanol–water partition coefficient (Wildman–Crippen LogP) is 5.49. The van der Waals surface area contributed by atoms with Crippen molar-refractivity contribution in [3.63, 3.8) is 0 Å². The Morgan fingerprint density at radius 1 is 0.792 bits per heavy atom. The Hall–Kier alpha value is -0.233. The SMILES string of the molecule is CO[Si](CCCCCCCCCCN=C(C)CC(C)C)(OC)OC. The summed E-state index contributed by atoms with van der Waals surface area (Å²) in [5, 5.41) is 0. The molecule has 24 heavy (non-hydrogen) atoms. The zero-order valence-corrected chi connectivity index (χ0v) is 18.0. The largest absolute Gasteiger partial charge is 0.500 e. The van der Waals surface area contributed by atoms with E-state index in [1.54, 1.807) is 21.3 Å². The summed E-state index contributed by atoms with van der Waals surface area (Å²) < 4.78 is 16.3. The van der Waals surface area contributed by atoms with Gasteiger partial charge in [0.25, 0.3) is 0 Å². The fraction of sp³-hybridized carbons (Fsp3) is 0.947. The lowest BCUT2D eigenvalue weighted by atomic mass is 10.1. The third-order valence-electron chi connectivity index (χ3n) is 4.41. The van der Waals surface area contributed by atoms with Gasteiger partial charge in [-0.2, -0.15) is 0 Å². The molecule has 0 aliphatic rings. The van der Waals surface area contributed by atoms with Gasteiger partial charge in [-0.1, -0.05) is 52.4 Å². The van der Waals surface area contributed by atoms with Crippen LogP contribution in [0.5, 0.6) is 0 Å². The molecular formula is C19H41NO3Si. The minimum Gasteiger partial charge on any atom is -0.377 e. The molecule has 0 unspecified atom stereocenters. The highest BCUT2D eigenvalue weighted by atomic mass is 28.4. The first kappa shape index (κ1) is 23.8. The monoisotopic (exact) mass is 359 g/mol. The zero-order valence-electron chi connectivity index (χ0n) is 17.0. The minimum atomic E-state index is -2.34. The molecule has 0 aliphatic heterocycles. The number of hydrogen-bond donors (Lipinski definition) is 0. The highest BCUT2D eigenvalue weighted by Crippen LogP contribution is 2.18. The summed E-state index contributed by atoms with van der Waals surface area (Å²) in [4.78, 5) is 4.65. The first-order valence-corrected chi connectivity index (χ1v) is 11.6. The Balaban J connectivity index is 3.46. The fourth-order valence-corrected chi connectivity index (χ4v) is 4.79. The van der Waals surface area contributed by atoms with Crippen LogP contribution in [0.2, 0.25) is 6.04 Å². The van der Waals surface area contributed by atoms with Crippen LogP contribution in [-0.4, -0.2) is 42.4 Å². The van der Waals surface area contributed by atoms with Gasteiger partial charge in [-0.25, -0.2) is 0 Å². The lowest BCUT2D eigenvalue weighted by Crippen LogP contribution is -2.42. The van der Waals surface area contributed by atoms with Crippen molar-refractivity contribution < 1.29 is 13.3 Å². The molecule has 0 fully saturated rings. The molecule has 0 aromatic carbocycles. The van der Waals surface area contributed by atoms with Crippen LogP contribution >= 0.6 is 0 Å². The average Bonchev–Trinajstić information content (AvgIpc) is 2.56. The summed E-state index contributed by atoms with van der Waals surface area (Å²) in [5.41, 5.74) is 1.31. The summed E-state index contributed by atoms with van der Waals surface area (Å²) in [5.74, 6) is 0.721. The van der Waals surface area contributed by atoms with Gasteiger partial charge < -0.3 is 13.3 Å². The number of nitrogens with zero attached hydrogens (tertiary/aromatic N) is 1. The Kier molecular flexibility index (Phi) is 14.9. The number of hydrogen-bond acceptors (Lipinski definition) is 4. The lowest BCUT2D eigenvalue weighted by Gasteiger charge is -2.24. The van der Waals surface area contributed by atoms with Crippen molar-refractivity contribution >= 4 is 14.5 Å². The fourth-order valence-electron chi connectivity index (χ4n) is 3.00.